The molecule has 0 radical (unpaired) electrons. The fraction of sp³-hybridized carbons (Fsp3) is 0.409. The van der Waals surface area contributed by atoms with Gasteiger partial charge in [0.25, 0.3) is 5.56 Å². The molecule has 1 unspecified atom stereocenters. The Bertz CT molecular complexity index is 1260. The van der Waals surface area contributed by atoms with Crippen molar-refractivity contribution in [2.75, 3.05) is 24.1 Å². The summed E-state index contributed by atoms with van der Waals surface area (Å²) in [7, 11) is 0. The molecular weight excluding hydrogens is 428 g/mol. The van der Waals surface area contributed by atoms with Crippen LogP contribution in [-0.4, -0.2) is 32.6 Å². The van der Waals surface area contributed by atoms with Crippen LogP contribution in [0.1, 0.15) is 55.4 Å². The Hall–Kier alpha value is -3.22. The average molecular weight is 453 g/mol. The maximum absolute atomic E-state index is 13.7. The minimum atomic E-state index is -0.373. The standard InChI is InChI=1S/C22H25ClN8O/c1-3-16(28-19-14(11-24)12(2)27-22(25)30-19)20-29-17-6-4-5-15(23)18(17)21(32)31(20)13-7-9-26-10-8-13/h4-6,13,16,26H,3,7-10H2,1-2H3,(H3,25,27,28,30). The van der Waals surface area contributed by atoms with Gasteiger partial charge in [-0.1, -0.05) is 24.6 Å². The van der Waals surface area contributed by atoms with Crippen LogP contribution in [0.4, 0.5) is 11.8 Å². The number of benzene rings is 1. The van der Waals surface area contributed by atoms with E-state index in [4.69, 9.17) is 22.3 Å². The van der Waals surface area contributed by atoms with Gasteiger partial charge >= 0.3 is 0 Å². The number of piperidine rings is 1. The monoisotopic (exact) mass is 452 g/mol. The van der Waals surface area contributed by atoms with E-state index in [0.29, 0.717) is 45.2 Å². The number of nitrogens with zero attached hydrogens (tertiary/aromatic N) is 5. The number of nitriles is 1. The van der Waals surface area contributed by atoms with Crippen LogP contribution in [0.2, 0.25) is 5.02 Å². The van der Waals surface area contributed by atoms with Crippen molar-refractivity contribution in [1.82, 2.24) is 24.8 Å². The number of hydrogen-bond acceptors (Lipinski definition) is 8. The molecule has 166 valence electrons. The number of anilines is 2. The van der Waals surface area contributed by atoms with Crippen molar-refractivity contribution in [3.63, 3.8) is 0 Å². The lowest BCUT2D eigenvalue weighted by atomic mass is 10.0. The van der Waals surface area contributed by atoms with E-state index in [1.54, 1.807) is 29.7 Å². The first kappa shape index (κ1) is 22.0. The Kier molecular flexibility index (Phi) is 6.26. The van der Waals surface area contributed by atoms with Crippen molar-refractivity contribution in [1.29, 1.82) is 5.26 Å². The Balaban J connectivity index is 1.90. The number of aromatic nitrogens is 4. The summed E-state index contributed by atoms with van der Waals surface area (Å²) in [5.74, 6) is 1.01. The van der Waals surface area contributed by atoms with E-state index in [1.807, 2.05) is 6.92 Å². The first-order chi connectivity index (χ1) is 15.4. The van der Waals surface area contributed by atoms with Gasteiger partial charge in [-0.25, -0.2) is 9.97 Å². The first-order valence-electron chi connectivity index (χ1n) is 10.7. The SMILES string of the molecule is CCC(Nc1nc(N)nc(C)c1C#N)c1nc2cccc(Cl)c2c(=O)n1C1CCNCC1. The summed E-state index contributed by atoms with van der Waals surface area (Å²) >= 11 is 6.40. The minimum absolute atomic E-state index is 0.00425. The molecule has 1 atom stereocenters. The zero-order chi connectivity index (χ0) is 22.8. The molecule has 2 aromatic heterocycles. The van der Waals surface area contributed by atoms with Gasteiger partial charge in [0, 0.05) is 6.04 Å². The van der Waals surface area contributed by atoms with Gasteiger partial charge in [-0.2, -0.15) is 10.2 Å². The molecule has 4 N–H and O–H groups in total. The van der Waals surface area contributed by atoms with Crippen LogP contribution in [0.25, 0.3) is 10.9 Å². The van der Waals surface area contributed by atoms with Crippen LogP contribution in [0.15, 0.2) is 23.0 Å². The minimum Gasteiger partial charge on any atom is -0.368 e. The third kappa shape index (κ3) is 3.99. The van der Waals surface area contributed by atoms with E-state index >= 15 is 0 Å². The molecule has 1 aliphatic rings. The highest BCUT2D eigenvalue weighted by atomic mass is 35.5. The molecule has 4 rings (SSSR count). The van der Waals surface area contributed by atoms with Gasteiger partial charge in [-0.15, -0.1) is 0 Å². The summed E-state index contributed by atoms with van der Waals surface area (Å²) in [6, 6.07) is 7.05. The van der Waals surface area contributed by atoms with E-state index in [2.05, 4.69) is 26.7 Å². The maximum atomic E-state index is 13.7. The number of hydrogen-bond donors (Lipinski definition) is 3. The van der Waals surface area contributed by atoms with E-state index in [9.17, 15) is 10.1 Å². The Labute approximate surface area is 190 Å². The molecule has 1 aliphatic heterocycles. The highest BCUT2D eigenvalue weighted by Gasteiger charge is 2.27. The number of aryl methyl sites for hydroxylation is 1. The number of nitrogen functional groups attached to an aromatic ring is 1. The Morgan fingerprint density at radius 3 is 2.78 bits per heavy atom. The van der Waals surface area contributed by atoms with Crippen molar-refractivity contribution in [2.24, 2.45) is 0 Å². The summed E-state index contributed by atoms with van der Waals surface area (Å²) < 4.78 is 1.78. The number of nitrogens with one attached hydrogen (secondary N) is 2. The van der Waals surface area contributed by atoms with Gasteiger partial charge in [-0.05, 0) is 51.4 Å². The molecule has 9 nitrogen and oxygen atoms in total. The summed E-state index contributed by atoms with van der Waals surface area (Å²) in [4.78, 5) is 26.9. The fourth-order valence-corrected chi connectivity index (χ4v) is 4.48. The molecule has 3 heterocycles. The number of rotatable bonds is 5. The van der Waals surface area contributed by atoms with Gasteiger partial charge in [0.15, 0.2) is 0 Å². The topological polar surface area (TPSA) is 135 Å². The molecule has 0 spiro atoms. The van der Waals surface area contributed by atoms with Gasteiger partial charge in [-0.3, -0.25) is 9.36 Å². The first-order valence-corrected chi connectivity index (χ1v) is 11.0. The molecule has 0 aliphatic carbocycles. The molecule has 0 amide bonds. The highest BCUT2D eigenvalue weighted by molar-refractivity contribution is 6.35. The lowest BCUT2D eigenvalue weighted by molar-refractivity contribution is 0.345. The predicted molar refractivity (Wildman–Crippen MR) is 125 cm³/mol. The van der Waals surface area contributed by atoms with Crippen molar-refractivity contribution < 1.29 is 0 Å². The summed E-state index contributed by atoms with van der Waals surface area (Å²) in [6.07, 6.45) is 2.23. The zero-order valence-electron chi connectivity index (χ0n) is 18.0. The van der Waals surface area contributed by atoms with Crippen LogP contribution in [0, 0.1) is 18.3 Å². The molecule has 1 fully saturated rings. The Morgan fingerprint density at radius 2 is 2.09 bits per heavy atom. The van der Waals surface area contributed by atoms with Gasteiger partial charge in [0.1, 0.15) is 23.3 Å². The normalized spacial score (nSPS) is 15.4. The Morgan fingerprint density at radius 1 is 1.34 bits per heavy atom. The molecular formula is C22H25ClN8O. The average Bonchev–Trinajstić information content (AvgIpc) is 2.77. The van der Waals surface area contributed by atoms with E-state index in [-0.39, 0.29) is 23.6 Å². The molecule has 32 heavy (non-hydrogen) atoms. The summed E-state index contributed by atoms with van der Waals surface area (Å²) in [5, 5.41) is 17.1. The van der Waals surface area contributed by atoms with Crippen LogP contribution in [0.3, 0.4) is 0 Å². The smallest absolute Gasteiger partial charge is 0.263 e. The van der Waals surface area contributed by atoms with Crippen molar-refractivity contribution in [3.05, 3.63) is 50.7 Å². The summed E-state index contributed by atoms with van der Waals surface area (Å²) in [5.41, 5.74) is 7.04. The predicted octanol–water partition coefficient (Wildman–Crippen LogP) is 3.09. The van der Waals surface area contributed by atoms with E-state index in [0.717, 1.165) is 25.9 Å². The van der Waals surface area contributed by atoms with Crippen molar-refractivity contribution in [3.8, 4) is 6.07 Å². The molecule has 1 aromatic carbocycles. The largest absolute Gasteiger partial charge is 0.368 e. The van der Waals surface area contributed by atoms with E-state index < -0.39 is 0 Å². The lowest BCUT2D eigenvalue weighted by Gasteiger charge is -2.30. The third-order valence-corrected chi connectivity index (χ3v) is 6.14. The van der Waals surface area contributed by atoms with Crippen LogP contribution < -0.4 is 21.9 Å². The molecule has 0 bridgehead atoms. The van der Waals surface area contributed by atoms with Gasteiger partial charge in [0.2, 0.25) is 5.95 Å². The quantitative estimate of drug-likeness (QED) is 0.537. The van der Waals surface area contributed by atoms with Crippen LogP contribution in [0.5, 0.6) is 0 Å². The van der Waals surface area contributed by atoms with E-state index in [1.165, 1.54) is 0 Å². The lowest BCUT2D eigenvalue weighted by Crippen LogP contribution is -2.38. The van der Waals surface area contributed by atoms with Crippen molar-refractivity contribution >= 4 is 34.3 Å². The molecule has 0 saturated carbocycles. The maximum Gasteiger partial charge on any atom is 0.263 e. The number of nitrogens with two attached hydrogens (primary N) is 1. The third-order valence-electron chi connectivity index (χ3n) is 5.83. The molecule has 3 aromatic rings. The second kappa shape index (κ2) is 9.10. The van der Waals surface area contributed by atoms with Gasteiger partial charge < -0.3 is 16.4 Å². The molecule has 10 heteroatoms. The van der Waals surface area contributed by atoms with Crippen LogP contribution in [-0.2, 0) is 0 Å². The second-order valence-electron chi connectivity index (χ2n) is 7.87. The summed E-state index contributed by atoms with van der Waals surface area (Å²) in [6.45, 7) is 5.34. The number of halogens is 1. The number of fused-ring (bicyclic) bond motifs is 1. The van der Waals surface area contributed by atoms with Crippen LogP contribution >= 0.6 is 11.6 Å². The van der Waals surface area contributed by atoms with Crippen molar-refractivity contribution in [2.45, 2.75) is 45.2 Å². The highest BCUT2D eigenvalue weighted by Crippen LogP contribution is 2.29. The zero-order valence-corrected chi connectivity index (χ0v) is 18.8. The fourth-order valence-electron chi connectivity index (χ4n) is 4.23. The van der Waals surface area contributed by atoms with Gasteiger partial charge in [0.05, 0.1) is 27.7 Å². The second-order valence-corrected chi connectivity index (χ2v) is 8.28. The molecule has 1 saturated heterocycles.